The number of para-hydroxylation sites is 2. The summed E-state index contributed by atoms with van der Waals surface area (Å²) in [7, 11) is 3.45. The van der Waals surface area contributed by atoms with Gasteiger partial charge in [-0.25, -0.2) is 4.68 Å². The van der Waals surface area contributed by atoms with Crippen LogP contribution in [-0.4, -0.2) is 27.6 Å². The number of carbonyl (C=O) groups is 1. The summed E-state index contributed by atoms with van der Waals surface area (Å²) in [6.45, 7) is 3.75. The van der Waals surface area contributed by atoms with Crippen molar-refractivity contribution in [2.24, 2.45) is 7.05 Å². The van der Waals surface area contributed by atoms with E-state index in [9.17, 15) is 9.59 Å². The van der Waals surface area contributed by atoms with E-state index in [2.05, 4.69) is 0 Å². The first-order chi connectivity index (χ1) is 14.0. The quantitative estimate of drug-likeness (QED) is 0.660. The van der Waals surface area contributed by atoms with Crippen molar-refractivity contribution in [2.45, 2.75) is 24.5 Å². The highest BCUT2D eigenvalue weighted by molar-refractivity contribution is 8.01. The molecule has 2 heterocycles. The first-order valence-corrected chi connectivity index (χ1v) is 10.4. The molecular formula is C22H23N3O3S. The molecule has 1 aromatic heterocycles. The van der Waals surface area contributed by atoms with Gasteiger partial charge in [-0.2, -0.15) is 0 Å². The van der Waals surface area contributed by atoms with Gasteiger partial charge < -0.3 is 4.74 Å². The van der Waals surface area contributed by atoms with E-state index >= 15 is 0 Å². The molecule has 1 fully saturated rings. The highest BCUT2D eigenvalue weighted by Crippen LogP contribution is 2.47. The second-order valence-electron chi connectivity index (χ2n) is 6.99. The van der Waals surface area contributed by atoms with Crippen LogP contribution in [0.5, 0.6) is 5.75 Å². The Morgan fingerprint density at radius 3 is 2.34 bits per heavy atom. The van der Waals surface area contributed by atoms with E-state index in [1.54, 1.807) is 21.4 Å². The topological polar surface area (TPSA) is 56.5 Å². The maximum absolute atomic E-state index is 13.5. The summed E-state index contributed by atoms with van der Waals surface area (Å²) in [6.07, 6.45) is 0. The number of carbonyl (C=O) groups excluding carboxylic acids is 1. The first kappa shape index (κ1) is 19.4. The summed E-state index contributed by atoms with van der Waals surface area (Å²) in [6, 6.07) is 17.1. The van der Waals surface area contributed by atoms with Gasteiger partial charge in [0.2, 0.25) is 5.91 Å². The fraction of sp³-hybridized carbons (Fsp3) is 0.273. The normalized spacial score (nSPS) is 19.0. The lowest BCUT2D eigenvalue weighted by atomic mass is 10.1. The first-order valence-electron chi connectivity index (χ1n) is 9.41. The number of hydrogen-bond donors (Lipinski definition) is 0. The van der Waals surface area contributed by atoms with Gasteiger partial charge >= 0.3 is 0 Å². The molecule has 0 bridgehead atoms. The minimum atomic E-state index is -0.327. The number of benzene rings is 2. The molecule has 0 aliphatic carbocycles. The Labute approximate surface area is 173 Å². The van der Waals surface area contributed by atoms with Gasteiger partial charge in [0.15, 0.2) is 0 Å². The highest BCUT2D eigenvalue weighted by atomic mass is 32.2. The van der Waals surface area contributed by atoms with Crippen LogP contribution in [0.1, 0.15) is 23.6 Å². The Hall–Kier alpha value is -2.93. The zero-order valence-corrected chi connectivity index (χ0v) is 17.6. The number of aromatic nitrogens is 2. The number of hydrogen-bond acceptors (Lipinski definition) is 4. The van der Waals surface area contributed by atoms with Crippen LogP contribution in [0.3, 0.4) is 0 Å². The highest BCUT2D eigenvalue weighted by Gasteiger charge is 2.43. The molecule has 1 aliphatic heterocycles. The molecule has 4 rings (SSSR count). The number of ether oxygens (including phenoxy) is 1. The Morgan fingerprint density at radius 2 is 1.66 bits per heavy atom. The number of rotatable bonds is 4. The van der Waals surface area contributed by atoms with Gasteiger partial charge in [0.05, 0.1) is 23.7 Å². The van der Waals surface area contributed by atoms with E-state index in [1.807, 2.05) is 75.5 Å². The van der Waals surface area contributed by atoms with Crippen molar-refractivity contribution in [1.29, 1.82) is 0 Å². The van der Waals surface area contributed by atoms with Crippen molar-refractivity contribution >= 4 is 23.4 Å². The summed E-state index contributed by atoms with van der Waals surface area (Å²) < 4.78 is 8.93. The molecule has 0 unspecified atom stereocenters. The van der Waals surface area contributed by atoms with Crippen molar-refractivity contribution < 1.29 is 9.53 Å². The molecular weight excluding hydrogens is 386 g/mol. The van der Waals surface area contributed by atoms with Gasteiger partial charge in [0.25, 0.3) is 5.56 Å². The van der Waals surface area contributed by atoms with Gasteiger partial charge in [-0.15, -0.1) is 11.8 Å². The third-order valence-electron chi connectivity index (χ3n) is 5.32. The van der Waals surface area contributed by atoms with Crippen LogP contribution in [0.4, 0.5) is 5.69 Å². The van der Waals surface area contributed by atoms with Crippen LogP contribution in [0.25, 0.3) is 5.69 Å². The van der Waals surface area contributed by atoms with Crippen molar-refractivity contribution in [1.82, 2.24) is 9.36 Å². The lowest BCUT2D eigenvalue weighted by Gasteiger charge is -2.24. The van der Waals surface area contributed by atoms with Gasteiger partial charge in [-0.05, 0) is 32.0 Å². The van der Waals surface area contributed by atoms with Gasteiger partial charge in [-0.3, -0.25) is 19.2 Å². The second-order valence-corrected chi connectivity index (χ2v) is 8.42. The standard InChI is InChI=1S/C22H23N3O3S/c1-14-19(21(27)25(23(14)3)16-10-6-5-7-11-16)24-20(26)15(2)29-22(24)17-12-8-9-13-18(17)28-4/h5-13,15,22H,1-4H3/t15-,22-/m0/s1. The van der Waals surface area contributed by atoms with Crippen LogP contribution in [-0.2, 0) is 11.8 Å². The minimum absolute atomic E-state index is 0.0723. The van der Waals surface area contributed by atoms with Crippen LogP contribution in [0, 0.1) is 6.92 Å². The molecule has 1 saturated heterocycles. The van der Waals surface area contributed by atoms with E-state index in [4.69, 9.17) is 4.74 Å². The molecule has 0 saturated carbocycles. The molecule has 0 spiro atoms. The Bertz CT molecular complexity index is 1120. The van der Waals surface area contributed by atoms with E-state index in [-0.39, 0.29) is 22.1 Å². The average Bonchev–Trinajstić information content (AvgIpc) is 3.14. The summed E-state index contributed by atoms with van der Waals surface area (Å²) in [5.41, 5.74) is 2.58. The zero-order valence-electron chi connectivity index (χ0n) is 16.8. The molecule has 150 valence electrons. The van der Waals surface area contributed by atoms with Crippen LogP contribution >= 0.6 is 11.8 Å². The van der Waals surface area contributed by atoms with E-state index < -0.39 is 0 Å². The van der Waals surface area contributed by atoms with Gasteiger partial charge in [-0.1, -0.05) is 36.4 Å². The number of anilines is 1. The molecule has 3 aromatic rings. The maximum atomic E-state index is 13.5. The predicted octanol–water partition coefficient (Wildman–Crippen LogP) is 3.66. The summed E-state index contributed by atoms with van der Waals surface area (Å²) in [5.74, 6) is 0.630. The van der Waals surface area contributed by atoms with E-state index in [1.165, 1.54) is 11.8 Å². The third kappa shape index (κ3) is 3.06. The molecule has 6 nitrogen and oxygen atoms in total. The van der Waals surface area contributed by atoms with Crippen LogP contribution < -0.4 is 15.2 Å². The summed E-state index contributed by atoms with van der Waals surface area (Å²) in [4.78, 5) is 28.3. The predicted molar refractivity (Wildman–Crippen MR) is 116 cm³/mol. The summed E-state index contributed by atoms with van der Waals surface area (Å²) in [5, 5.41) is -0.583. The Morgan fingerprint density at radius 1 is 1.00 bits per heavy atom. The average molecular weight is 410 g/mol. The lowest BCUT2D eigenvalue weighted by molar-refractivity contribution is -0.117. The molecule has 0 radical (unpaired) electrons. The molecule has 0 N–H and O–H groups in total. The number of amides is 1. The lowest BCUT2D eigenvalue weighted by Crippen LogP contribution is -2.34. The molecule has 2 aromatic carbocycles. The molecule has 2 atom stereocenters. The maximum Gasteiger partial charge on any atom is 0.295 e. The fourth-order valence-corrected chi connectivity index (χ4v) is 5.05. The molecule has 7 heteroatoms. The van der Waals surface area contributed by atoms with Gasteiger partial charge in [0.1, 0.15) is 16.8 Å². The SMILES string of the molecule is COc1ccccc1[C@@H]1S[C@@H](C)C(=O)N1c1c(C)n(C)n(-c2ccccc2)c1=O. The van der Waals surface area contributed by atoms with E-state index in [0.29, 0.717) is 11.4 Å². The minimum Gasteiger partial charge on any atom is -0.496 e. The van der Waals surface area contributed by atoms with Crippen LogP contribution in [0.2, 0.25) is 0 Å². The van der Waals surface area contributed by atoms with Gasteiger partial charge in [0, 0.05) is 12.6 Å². The number of nitrogens with zero attached hydrogens (tertiary/aromatic N) is 3. The third-order valence-corrected chi connectivity index (χ3v) is 6.65. The molecule has 1 aliphatic rings. The smallest absolute Gasteiger partial charge is 0.295 e. The van der Waals surface area contributed by atoms with Crippen molar-refractivity contribution in [3.8, 4) is 11.4 Å². The van der Waals surface area contributed by atoms with Crippen molar-refractivity contribution in [3.05, 3.63) is 76.2 Å². The zero-order chi connectivity index (χ0) is 20.7. The van der Waals surface area contributed by atoms with Crippen molar-refractivity contribution in [2.75, 3.05) is 12.0 Å². The summed E-state index contributed by atoms with van der Waals surface area (Å²) >= 11 is 1.53. The molecule has 29 heavy (non-hydrogen) atoms. The number of methoxy groups -OCH3 is 1. The number of thioether (sulfide) groups is 1. The Balaban J connectivity index is 1.91. The largest absolute Gasteiger partial charge is 0.496 e. The van der Waals surface area contributed by atoms with E-state index in [0.717, 1.165) is 16.9 Å². The Kier molecular flexibility index (Phi) is 5.00. The fourth-order valence-electron chi connectivity index (χ4n) is 3.77. The molecule has 1 amide bonds. The van der Waals surface area contributed by atoms with Crippen LogP contribution in [0.15, 0.2) is 59.4 Å². The monoisotopic (exact) mass is 409 g/mol. The van der Waals surface area contributed by atoms with Crippen molar-refractivity contribution in [3.63, 3.8) is 0 Å². The second kappa shape index (κ2) is 7.48.